The lowest BCUT2D eigenvalue weighted by Crippen LogP contribution is -2.40. The third kappa shape index (κ3) is 3.36. The zero-order valence-corrected chi connectivity index (χ0v) is 9.34. The van der Waals surface area contributed by atoms with E-state index in [1.54, 1.807) is 0 Å². The lowest BCUT2D eigenvalue weighted by Gasteiger charge is -2.14. The van der Waals surface area contributed by atoms with Crippen molar-refractivity contribution in [1.82, 2.24) is 5.32 Å². The molecule has 1 amide bonds. The Morgan fingerprint density at radius 1 is 1.29 bits per heavy atom. The molecule has 94 valence electrons. The molecule has 0 aliphatic rings. The zero-order chi connectivity index (χ0) is 13.0. The number of amides is 1. The molecular formula is C10H10ClF2NO3. The van der Waals surface area contributed by atoms with Crippen molar-refractivity contribution in [2.24, 2.45) is 0 Å². The highest BCUT2D eigenvalue weighted by Crippen LogP contribution is 2.19. The van der Waals surface area contributed by atoms with Crippen LogP contribution in [0.5, 0.6) is 0 Å². The van der Waals surface area contributed by atoms with E-state index in [2.05, 4.69) is 5.32 Å². The van der Waals surface area contributed by atoms with Crippen molar-refractivity contribution in [2.75, 3.05) is 13.2 Å². The molecular weight excluding hydrogens is 256 g/mol. The fourth-order valence-corrected chi connectivity index (χ4v) is 1.34. The summed E-state index contributed by atoms with van der Waals surface area (Å²) in [7, 11) is 0. The summed E-state index contributed by atoms with van der Waals surface area (Å²) in [6, 6.07) is 0.448. The van der Waals surface area contributed by atoms with Crippen molar-refractivity contribution in [2.45, 2.75) is 6.04 Å². The van der Waals surface area contributed by atoms with Crippen molar-refractivity contribution in [3.63, 3.8) is 0 Å². The van der Waals surface area contributed by atoms with Crippen LogP contribution in [0.4, 0.5) is 8.78 Å². The molecule has 4 nitrogen and oxygen atoms in total. The van der Waals surface area contributed by atoms with Crippen LogP contribution in [0.1, 0.15) is 10.4 Å². The Hall–Kier alpha value is -1.24. The maximum Gasteiger partial charge on any atom is 0.253 e. The minimum Gasteiger partial charge on any atom is -0.394 e. The zero-order valence-electron chi connectivity index (χ0n) is 8.58. The molecule has 1 aromatic rings. The third-order valence-electron chi connectivity index (χ3n) is 2.03. The second-order valence-corrected chi connectivity index (χ2v) is 3.69. The summed E-state index contributed by atoms with van der Waals surface area (Å²) in [6.07, 6.45) is 0. The summed E-state index contributed by atoms with van der Waals surface area (Å²) < 4.78 is 25.7. The van der Waals surface area contributed by atoms with E-state index in [9.17, 15) is 13.6 Å². The number of halogens is 3. The minimum absolute atomic E-state index is 0.254. The van der Waals surface area contributed by atoms with E-state index in [4.69, 9.17) is 21.8 Å². The SMILES string of the molecule is O=C(NC(CO)CO)c1cc(F)c(F)cc1Cl. The maximum atomic E-state index is 12.9. The van der Waals surface area contributed by atoms with Crippen LogP contribution >= 0.6 is 11.6 Å². The number of hydrogen-bond donors (Lipinski definition) is 3. The van der Waals surface area contributed by atoms with Crippen molar-refractivity contribution in [3.05, 3.63) is 34.4 Å². The molecule has 1 rings (SSSR count). The molecule has 3 N–H and O–H groups in total. The number of aliphatic hydroxyl groups excluding tert-OH is 2. The standard InChI is InChI=1S/C10H10ClF2NO3/c11-7-2-9(13)8(12)1-6(7)10(17)14-5(3-15)4-16/h1-2,5,15-16H,3-4H2,(H,14,17). The Labute approximate surface area is 101 Å². The van der Waals surface area contributed by atoms with Gasteiger partial charge in [-0.15, -0.1) is 0 Å². The van der Waals surface area contributed by atoms with Crippen LogP contribution in [0, 0.1) is 11.6 Å². The van der Waals surface area contributed by atoms with Crippen LogP contribution in [0.2, 0.25) is 5.02 Å². The molecule has 0 saturated heterocycles. The molecule has 0 bridgehead atoms. The summed E-state index contributed by atoms with van der Waals surface area (Å²) in [5.74, 6) is -3.17. The van der Waals surface area contributed by atoms with Gasteiger partial charge in [-0.05, 0) is 12.1 Å². The van der Waals surface area contributed by atoms with Gasteiger partial charge < -0.3 is 15.5 Å². The monoisotopic (exact) mass is 265 g/mol. The first-order valence-corrected chi connectivity index (χ1v) is 5.04. The molecule has 0 saturated carbocycles. The summed E-state index contributed by atoms with van der Waals surface area (Å²) in [4.78, 5) is 11.6. The molecule has 17 heavy (non-hydrogen) atoms. The average molecular weight is 266 g/mol. The molecule has 7 heteroatoms. The van der Waals surface area contributed by atoms with Gasteiger partial charge in [-0.3, -0.25) is 4.79 Å². The number of nitrogens with one attached hydrogen (secondary N) is 1. The van der Waals surface area contributed by atoms with Crippen molar-refractivity contribution >= 4 is 17.5 Å². The molecule has 0 unspecified atom stereocenters. The van der Waals surface area contributed by atoms with Gasteiger partial charge in [0.25, 0.3) is 5.91 Å². The van der Waals surface area contributed by atoms with E-state index in [1.165, 1.54) is 0 Å². The fourth-order valence-electron chi connectivity index (χ4n) is 1.11. The van der Waals surface area contributed by atoms with Gasteiger partial charge in [0, 0.05) is 0 Å². The smallest absolute Gasteiger partial charge is 0.253 e. The first-order valence-electron chi connectivity index (χ1n) is 4.66. The molecule has 0 aliphatic heterocycles. The fraction of sp³-hybridized carbons (Fsp3) is 0.300. The summed E-state index contributed by atoms with van der Waals surface area (Å²) in [5.41, 5.74) is -0.266. The number of benzene rings is 1. The Morgan fingerprint density at radius 2 is 1.82 bits per heavy atom. The number of aliphatic hydroxyl groups is 2. The van der Waals surface area contributed by atoms with Crippen molar-refractivity contribution in [1.29, 1.82) is 0 Å². The topological polar surface area (TPSA) is 69.6 Å². The highest BCUT2D eigenvalue weighted by Gasteiger charge is 2.17. The summed E-state index contributed by atoms with van der Waals surface area (Å²) in [6.45, 7) is -0.965. The van der Waals surface area contributed by atoms with Crippen LogP contribution in [0.15, 0.2) is 12.1 Å². The van der Waals surface area contributed by atoms with Crippen LogP contribution in [-0.2, 0) is 0 Å². The van der Waals surface area contributed by atoms with E-state index in [0.29, 0.717) is 12.1 Å². The quantitative estimate of drug-likeness (QED) is 0.702. The van der Waals surface area contributed by atoms with E-state index in [1.807, 2.05) is 0 Å². The van der Waals surface area contributed by atoms with Gasteiger partial charge >= 0.3 is 0 Å². The average Bonchev–Trinajstić information content (AvgIpc) is 2.30. The number of hydrogen-bond acceptors (Lipinski definition) is 3. The highest BCUT2D eigenvalue weighted by atomic mass is 35.5. The van der Waals surface area contributed by atoms with Crippen molar-refractivity contribution in [3.8, 4) is 0 Å². The maximum absolute atomic E-state index is 12.9. The second kappa shape index (κ2) is 5.90. The van der Waals surface area contributed by atoms with Crippen LogP contribution in [0.3, 0.4) is 0 Å². The lowest BCUT2D eigenvalue weighted by molar-refractivity contribution is 0.0879. The summed E-state index contributed by atoms with van der Waals surface area (Å²) in [5, 5.41) is 19.5. The van der Waals surface area contributed by atoms with E-state index in [0.717, 1.165) is 0 Å². The first kappa shape index (κ1) is 13.8. The minimum atomic E-state index is -1.20. The number of rotatable bonds is 4. The summed E-state index contributed by atoms with van der Waals surface area (Å²) >= 11 is 5.57. The van der Waals surface area contributed by atoms with E-state index >= 15 is 0 Å². The predicted octanol–water partition coefficient (Wildman–Crippen LogP) is 0.701. The lowest BCUT2D eigenvalue weighted by atomic mass is 10.2. The predicted molar refractivity (Wildman–Crippen MR) is 56.8 cm³/mol. The van der Waals surface area contributed by atoms with Gasteiger partial charge in [0.2, 0.25) is 0 Å². The van der Waals surface area contributed by atoms with Gasteiger partial charge in [0.05, 0.1) is 29.8 Å². The highest BCUT2D eigenvalue weighted by molar-refractivity contribution is 6.33. The molecule has 0 heterocycles. The van der Waals surface area contributed by atoms with E-state index in [-0.39, 0.29) is 10.6 Å². The van der Waals surface area contributed by atoms with Gasteiger partial charge in [0.1, 0.15) is 0 Å². The van der Waals surface area contributed by atoms with Gasteiger partial charge in [-0.1, -0.05) is 11.6 Å². The number of carbonyl (C=O) groups is 1. The van der Waals surface area contributed by atoms with E-state index < -0.39 is 36.8 Å². The van der Waals surface area contributed by atoms with Gasteiger partial charge in [-0.2, -0.15) is 0 Å². The van der Waals surface area contributed by atoms with Crippen LogP contribution in [0.25, 0.3) is 0 Å². The van der Waals surface area contributed by atoms with Crippen LogP contribution in [-0.4, -0.2) is 35.4 Å². The molecule has 0 aliphatic carbocycles. The second-order valence-electron chi connectivity index (χ2n) is 3.28. The van der Waals surface area contributed by atoms with Gasteiger partial charge in [0.15, 0.2) is 11.6 Å². The Kier molecular flexibility index (Phi) is 4.80. The molecule has 1 aromatic carbocycles. The Bertz CT molecular complexity index is 424. The molecule has 0 radical (unpaired) electrons. The Morgan fingerprint density at radius 3 is 2.35 bits per heavy atom. The first-order chi connectivity index (χ1) is 7.99. The number of carbonyl (C=O) groups excluding carboxylic acids is 1. The molecule has 0 aromatic heterocycles. The molecule has 0 atom stereocenters. The molecule has 0 spiro atoms. The third-order valence-corrected chi connectivity index (χ3v) is 2.34. The molecule has 0 fully saturated rings. The van der Waals surface area contributed by atoms with Crippen LogP contribution < -0.4 is 5.32 Å². The van der Waals surface area contributed by atoms with Gasteiger partial charge in [-0.25, -0.2) is 8.78 Å². The Balaban J connectivity index is 2.93. The normalized spacial score (nSPS) is 10.7. The van der Waals surface area contributed by atoms with Crippen molar-refractivity contribution < 1.29 is 23.8 Å². The largest absolute Gasteiger partial charge is 0.394 e.